The van der Waals surface area contributed by atoms with Gasteiger partial charge in [0.05, 0.1) is 11.1 Å². The maximum atomic E-state index is 13.5. The number of hydrogen-bond acceptors (Lipinski definition) is 2. The van der Waals surface area contributed by atoms with E-state index >= 15 is 0 Å². The minimum atomic E-state index is -1.01. The van der Waals surface area contributed by atoms with Gasteiger partial charge in [-0.3, -0.25) is 4.79 Å². The highest BCUT2D eigenvalue weighted by molar-refractivity contribution is 5.85. The molecule has 1 aromatic rings. The van der Waals surface area contributed by atoms with E-state index in [1.807, 2.05) is 0 Å². The van der Waals surface area contributed by atoms with Crippen molar-refractivity contribution in [3.63, 3.8) is 0 Å². The summed E-state index contributed by atoms with van der Waals surface area (Å²) in [4.78, 5) is 12.6. The van der Waals surface area contributed by atoms with Crippen molar-refractivity contribution in [1.29, 1.82) is 0 Å². The lowest BCUT2D eigenvalue weighted by atomic mass is 9.95. The van der Waals surface area contributed by atoms with Crippen molar-refractivity contribution >= 4 is 11.7 Å². The van der Waals surface area contributed by atoms with E-state index in [0.717, 1.165) is 6.07 Å². The van der Waals surface area contributed by atoms with E-state index in [-0.39, 0.29) is 5.69 Å². The second-order valence-electron chi connectivity index (χ2n) is 4.57. The summed E-state index contributed by atoms with van der Waals surface area (Å²) in [5, 5.41) is 9.12. The summed E-state index contributed by atoms with van der Waals surface area (Å²) < 4.78 is 26.9. The minimum Gasteiger partial charge on any atom is -0.481 e. The summed E-state index contributed by atoms with van der Waals surface area (Å²) in [5.74, 6) is -2.92. The van der Waals surface area contributed by atoms with Crippen LogP contribution in [-0.4, -0.2) is 25.2 Å². The molecule has 0 radical (unpaired) electrons. The molecular formula is C12H13F2NO2. The highest BCUT2D eigenvalue weighted by Gasteiger charge is 2.52. The largest absolute Gasteiger partial charge is 0.481 e. The van der Waals surface area contributed by atoms with E-state index in [4.69, 9.17) is 5.11 Å². The highest BCUT2D eigenvalue weighted by atomic mass is 19.2. The van der Waals surface area contributed by atoms with E-state index in [9.17, 15) is 13.6 Å². The number of anilines is 1. The summed E-state index contributed by atoms with van der Waals surface area (Å²) in [6.07, 6.45) is 0.945. The van der Waals surface area contributed by atoms with Crippen LogP contribution < -0.4 is 4.90 Å². The third-order valence-corrected chi connectivity index (χ3v) is 3.20. The van der Waals surface area contributed by atoms with Gasteiger partial charge in [-0.05, 0) is 30.5 Å². The van der Waals surface area contributed by atoms with Crippen LogP contribution in [-0.2, 0) is 10.2 Å². The first kappa shape index (κ1) is 11.8. The van der Waals surface area contributed by atoms with Crippen molar-refractivity contribution in [3.8, 4) is 0 Å². The van der Waals surface area contributed by atoms with Crippen LogP contribution in [0, 0.1) is 11.6 Å². The number of halogens is 2. The van der Waals surface area contributed by atoms with Gasteiger partial charge in [0.1, 0.15) is 0 Å². The molecule has 0 amide bonds. The molecule has 1 aliphatic carbocycles. The SMILES string of the molecule is CN(C)c1cc(C2(C(=O)O)CC2)cc(F)c1F. The zero-order valence-corrected chi connectivity index (χ0v) is 9.63. The molecule has 0 saturated heterocycles. The first-order chi connectivity index (χ1) is 7.88. The predicted octanol–water partition coefficient (Wildman–Crippen LogP) is 2.15. The van der Waals surface area contributed by atoms with Crippen LogP contribution in [0.1, 0.15) is 18.4 Å². The van der Waals surface area contributed by atoms with E-state index in [0.29, 0.717) is 18.4 Å². The van der Waals surface area contributed by atoms with Crippen molar-refractivity contribution in [2.24, 2.45) is 0 Å². The average molecular weight is 241 g/mol. The summed E-state index contributed by atoms with van der Waals surface area (Å²) in [6.45, 7) is 0. The molecule has 2 rings (SSSR count). The fraction of sp³-hybridized carbons (Fsp3) is 0.417. The van der Waals surface area contributed by atoms with Crippen molar-refractivity contribution in [2.45, 2.75) is 18.3 Å². The van der Waals surface area contributed by atoms with Crippen molar-refractivity contribution in [1.82, 2.24) is 0 Å². The Morgan fingerprint density at radius 3 is 2.35 bits per heavy atom. The highest BCUT2D eigenvalue weighted by Crippen LogP contribution is 2.49. The Morgan fingerprint density at radius 1 is 1.35 bits per heavy atom. The molecule has 0 aromatic heterocycles. The molecule has 1 N–H and O–H groups in total. The molecule has 3 nitrogen and oxygen atoms in total. The Kier molecular flexibility index (Phi) is 2.56. The second kappa shape index (κ2) is 3.68. The quantitative estimate of drug-likeness (QED) is 0.881. The lowest BCUT2D eigenvalue weighted by Gasteiger charge is -2.18. The average Bonchev–Trinajstić information content (AvgIpc) is 3.02. The first-order valence-electron chi connectivity index (χ1n) is 5.29. The van der Waals surface area contributed by atoms with Gasteiger partial charge in [-0.2, -0.15) is 0 Å². The topological polar surface area (TPSA) is 40.5 Å². The molecule has 5 heteroatoms. The van der Waals surface area contributed by atoms with Gasteiger partial charge in [0.15, 0.2) is 11.6 Å². The van der Waals surface area contributed by atoms with Crippen LogP contribution in [0.25, 0.3) is 0 Å². The predicted molar refractivity (Wildman–Crippen MR) is 59.2 cm³/mol. The Morgan fingerprint density at radius 2 is 1.94 bits per heavy atom. The number of hydrogen-bond donors (Lipinski definition) is 1. The molecule has 0 aliphatic heterocycles. The third kappa shape index (κ3) is 1.75. The van der Waals surface area contributed by atoms with Gasteiger partial charge in [-0.15, -0.1) is 0 Å². The van der Waals surface area contributed by atoms with Crippen LogP contribution in [0.15, 0.2) is 12.1 Å². The Balaban J connectivity index is 2.54. The molecule has 1 fully saturated rings. The normalized spacial score (nSPS) is 16.7. The number of carboxylic acids is 1. The fourth-order valence-corrected chi connectivity index (χ4v) is 1.93. The number of aliphatic carboxylic acids is 1. The molecule has 17 heavy (non-hydrogen) atoms. The Hall–Kier alpha value is -1.65. The molecular weight excluding hydrogens is 228 g/mol. The van der Waals surface area contributed by atoms with Gasteiger partial charge in [0.25, 0.3) is 0 Å². The maximum absolute atomic E-state index is 13.5. The minimum absolute atomic E-state index is 0.0764. The van der Waals surface area contributed by atoms with Gasteiger partial charge < -0.3 is 10.0 Å². The number of rotatable bonds is 3. The van der Waals surface area contributed by atoms with E-state index in [1.165, 1.54) is 11.0 Å². The van der Waals surface area contributed by atoms with Crippen LogP contribution in [0.3, 0.4) is 0 Å². The molecule has 1 aliphatic rings. The van der Waals surface area contributed by atoms with Gasteiger partial charge in [0, 0.05) is 14.1 Å². The molecule has 0 unspecified atom stereocenters. The summed E-state index contributed by atoms with van der Waals surface area (Å²) >= 11 is 0. The van der Waals surface area contributed by atoms with Gasteiger partial charge >= 0.3 is 5.97 Å². The summed E-state index contributed by atoms with van der Waals surface area (Å²) in [7, 11) is 3.17. The van der Waals surface area contributed by atoms with Crippen molar-refractivity contribution in [2.75, 3.05) is 19.0 Å². The van der Waals surface area contributed by atoms with Gasteiger partial charge in [-0.25, -0.2) is 8.78 Å². The standard InChI is InChI=1S/C12H13F2NO2/c1-15(2)9-6-7(5-8(13)10(9)14)12(3-4-12)11(16)17/h5-6H,3-4H2,1-2H3,(H,16,17). The third-order valence-electron chi connectivity index (χ3n) is 3.20. The van der Waals surface area contributed by atoms with Crippen LogP contribution in [0.2, 0.25) is 0 Å². The fourth-order valence-electron chi connectivity index (χ4n) is 1.93. The van der Waals surface area contributed by atoms with Crippen LogP contribution in [0.5, 0.6) is 0 Å². The van der Waals surface area contributed by atoms with Gasteiger partial charge in [0.2, 0.25) is 0 Å². The monoisotopic (exact) mass is 241 g/mol. The lowest BCUT2D eigenvalue weighted by Crippen LogP contribution is -2.21. The molecule has 0 atom stereocenters. The zero-order valence-electron chi connectivity index (χ0n) is 9.63. The number of carboxylic acid groups (broad SMARTS) is 1. The van der Waals surface area contributed by atoms with Crippen LogP contribution in [0.4, 0.5) is 14.5 Å². The Bertz CT molecular complexity index is 482. The van der Waals surface area contributed by atoms with E-state index in [1.54, 1.807) is 14.1 Å². The van der Waals surface area contributed by atoms with Crippen LogP contribution >= 0.6 is 0 Å². The zero-order chi connectivity index (χ0) is 12.8. The lowest BCUT2D eigenvalue weighted by molar-refractivity contribution is -0.140. The molecule has 0 bridgehead atoms. The van der Waals surface area contributed by atoms with Gasteiger partial charge in [-0.1, -0.05) is 0 Å². The van der Waals surface area contributed by atoms with E-state index < -0.39 is 23.0 Å². The molecule has 1 aromatic carbocycles. The second-order valence-corrected chi connectivity index (χ2v) is 4.57. The van der Waals surface area contributed by atoms with Crippen molar-refractivity contribution in [3.05, 3.63) is 29.3 Å². The summed E-state index contributed by atoms with van der Waals surface area (Å²) in [5.41, 5.74) is -0.598. The molecule has 0 spiro atoms. The number of nitrogens with zero attached hydrogens (tertiary/aromatic N) is 1. The number of benzene rings is 1. The summed E-state index contributed by atoms with van der Waals surface area (Å²) in [6, 6.07) is 2.41. The molecule has 92 valence electrons. The molecule has 0 heterocycles. The maximum Gasteiger partial charge on any atom is 0.314 e. The Labute approximate surface area is 97.7 Å². The smallest absolute Gasteiger partial charge is 0.314 e. The molecule has 1 saturated carbocycles. The first-order valence-corrected chi connectivity index (χ1v) is 5.29. The van der Waals surface area contributed by atoms with E-state index in [2.05, 4.69) is 0 Å². The number of carbonyl (C=O) groups is 1. The van der Waals surface area contributed by atoms with Crippen molar-refractivity contribution < 1.29 is 18.7 Å².